The molecule has 6 rings (SSSR count). The third-order valence-electron chi connectivity index (χ3n) is 5.70. The molecule has 0 amide bonds. The largest absolute Gasteiger partial charge is 0.321 e. The maximum Gasteiger partial charge on any atom is 0.176 e. The van der Waals surface area contributed by atoms with Gasteiger partial charge in [0.05, 0.1) is 5.39 Å². The van der Waals surface area contributed by atoms with Crippen LogP contribution in [-0.2, 0) is 0 Å². The van der Waals surface area contributed by atoms with E-state index in [1.54, 1.807) is 12.3 Å². The fourth-order valence-corrected chi connectivity index (χ4v) is 4.92. The van der Waals surface area contributed by atoms with E-state index in [1.165, 1.54) is 11.6 Å². The Morgan fingerprint density at radius 3 is 2.80 bits per heavy atom. The second kappa shape index (κ2) is 6.96. The molecule has 0 atom stereocenters. The average Bonchev–Trinajstić information content (AvgIpc) is 3.51. The van der Waals surface area contributed by atoms with Gasteiger partial charge in [0.25, 0.3) is 0 Å². The first-order valence-corrected chi connectivity index (χ1v) is 10.7. The van der Waals surface area contributed by atoms with Crippen molar-refractivity contribution in [1.82, 2.24) is 35.5 Å². The van der Waals surface area contributed by atoms with Gasteiger partial charge >= 0.3 is 0 Å². The lowest BCUT2D eigenvalue weighted by atomic mass is 9.91. The van der Waals surface area contributed by atoms with Gasteiger partial charge in [-0.2, -0.15) is 9.49 Å². The van der Waals surface area contributed by atoms with Gasteiger partial charge < -0.3 is 10.3 Å². The standard InChI is InChI=1S/C21H18FN7S/c22-16-2-1-15(30-16)13-5-8-24-20-17(13)26-21(27-20)18-14-9-12(10-25-19(14)29-28-18)11-3-6-23-7-4-11/h1-2,5,8-11,23H,3-4,6-7H2,(H,24,26,27)(H,25,28,29). The summed E-state index contributed by atoms with van der Waals surface area (Å²) < 4.78 is 13.6. The molecule has 5 aromatic rings. The molecule has 0 spiro atoms. The number of pyridine rings is 2. The topological polar surface area (TPSA) is 95.2 Å². The first-order valence-electron chi connectivity index (χ1n) is 9.92. The van der Waals surface area contributed by atoms with Gasteiger partial charge in [0.1, 0.15) is 11.2 Å². The van der Waals surface area contributed by atoms with Crippen LogP contribution in [0, 0.1) is 5.13 Å². The van der Waals surface area contributed by atoms with Crippen LogP contribution in [0.4, 0.5) is 4.39 Å². The van der Waals surface area contributed by atoms with Gasteiger partial charge in [0.2, 0.25) is 0 Å². The maximum absolute atomic E-state index is 13.6. The summed E-state index contributed by atoms with van der Waals surface area (Å²) in [6, 6.07) is 7.27. The molecule has 1 aliphatic heterocycles. The van der Waals surface area contributed by atoms with Gasteiger partial charge in [0.15, 0.2) is 22.2 Å². The number of H-pyrrole nitrogens is 2. The van der Waals surface area contributed by atoms with Crippen LogP contribution in [0.1, 0.15) is 24.3 Å². The molecule has 0 unspecified atom stereocenters. The lowest BCUT2D eigenvalue weighted by molar-refractivity contribution is 0.460. The van der Waals surface area contributed by atoms with Crippen LogP contribution >= 0.6 is 11.3 Å². The third-order valence-corrected chi connectivity index (χ3v) is 6.60. The van der Waals surface area contributed by atoms with Crippen molar-refractivity contribution in [3.05, 3.63) is 47.4 Å². The number of piperidine rings is 1. The number of nitrogens with one attached hydrogen (secondary N) is 3. The molecule has 1 fully saturated rings. The lowest BCUT2D eigenvalue weighted by Crippen LogP contribution is -2.26. The SMILES string of the molecule is Fc1ccc(-c2ccnc3[nH]c(-c4n[nH]c5ncc(C6CCNCC6)cc45)nc23)s1. The average molecular weight is 419 g/mol. The van der Waals surface area contributed by atoms with Crippen LogP contribution in [0.3, 0.4) is 0 Å². The van der Waals surface area contributed by atoms with E-state index in [4.69, 9.17) is 4.98 Å². The predicted octanol–water partition coefficient (Wildman–Crippen LogP) is 4.23. The number of rotatable bonds is 3. The maximum atomic E-state index is 13.6. The summed E-state index contributed by atoms with van der Waals surface area (Å²) in [5.41, 5.74) is 4.88. The highest BCUT2D eigenvalue weighted by Gasteiger charge is 2.20. The molecule has 6 heterocycles. The van der Waals surface area contributed by atoms with E-state index in [0.717, 1.165) is 64.4 Å². The van der Waals surface area contributed by atoms with E-state index in [-0.39, 0.29) is 5.13 Å². The summed E-state index contributed by atoms with van der Waals surface area (Å²) in [5.74, 6) is 1.13. The Balaban J connectivity index is 1.47. The van der Waals surface area contributed by atoms with Crippen molar-refractivity contribution in [1.29, 1.82) is 0 Å². The minimum atomic E-state index is -0.222. The van der Waals surface area contributed by atoms with Crippen LogP contribution < -0.4 is 5.32 Å². The molecular formula is C21H18FN7S. The van der Waals surface area contributed by atoms with Gasteiger partial charge in [-0.15, -0.1) is 11.3 Å². The number of fused-ring (bicyclic) bond motifs is 2. The zero-order valence-corrected chi connectivity index (χ0v) is 16.8. The van der Waals surface area contributed by atoms with Crippen LogP contribution in [0.25, 0.3) is 44.2 Å². The van der Waals surface area contributed by atoms with Gasteiger partial charge in [-0.1, -0.05) is 0 Å². The molecule has 30 heavy (non-hydrogen) atoms. The Hall–Kier alpha value is -3.17. The number of hydrogen-bond donors (Lipinski definition) is 3. The number of halogens is 1. The summed E-state index contributed by atoms with van der Waals surface area (Å²) in [4.78, 5) is 17.9. The smallest absolute Gasteiger partial charge is 0.176 e. The van der Waals surface area contributed by atoms with Crippen molar-refractivity contribution in [2.45, 2.75) is 18.8 Å². The molecule has 0 aromatic carbocycles. The van der Waals surface area contributed by atoms with E-state index < -0.39 is 0 Å². The molecule has 0 radical (unpaired) electrons. The van der Waals surface area contributed by atoms with Crippen molar-refractivity contribution in [2.24, 2.45) is 0 Å². The zero-order valence-electron chi connectivity index (χ0n) is 15.9. The monoisotopic (exact) mass is 419 g/mol. The predicted molar refractivity (Wildman–Crippen MR) is 115 cm³/mol. The molecule has 1 aliphatic rings. The second-order valence-electron chi connectivity index (χ2n) is 7.51. The number of thiophene rings is 1. The van der Waals surface area contributed by atoms with E-state index in [2.05, 4.69) is 36.5 Å². The fraction of sp³-hybridized carbons (Fsp3) is 0.238. The minimum absolute atomic E-state index is 0.222. The van der Waals surface area contributed by atoms with Crippen molar-refractivity contribution in [2.75, 3.05) is 13.1 Å². The van der Waals surface area contributed by atoms with Crippen molar-refractivity contribution < 1.29 is 4.39 Å². The number of imidazole rings is 1. The molecule has 1 saturated heterocycles. The van der Waals surface area contributed by atoms with Gasteiger partial charge in [-0.05, 0) is 61.7 Å². The summed E-state index contributed by atoms with van der Waals surface area (Å²) in [6.07, 6.45) is 5.87. The molecule has 5 aromatic heterocycles. The molecule has 0 bridgehead atoms. The van der Waals surface area contributed by atoms with Crippen molar-refractivity contribution in [3.8, 4) is 22.0 Å². The highest BCUT2D eigenvalue weighted by Crippen LogP contribution is 2.34. The van der Waals surface area contributed by atoms with Crippen LogP contribution in [-0.4, -0.2) is 43.2 Å². The summed E-state index contributed by atoms with van der Waals surface area (Å²) >= 11 is 1.10. The highest BCUT2D eigenvalue weighted by atomic mass is 32.1. The van der Waals surface area contributed by atoms with E-state index in [9.17, 15) is 4.39 Å². The van der Waals surface area contributed by atoms with Crippen LogP contribution in [0.15, 0.2) is 36.7 Å². The molecule has 150 valence electrons. The van der Waals surface area contributed by atoms with Gasteiger partial charge in [-0.3, -0.25) is 5.10 Å². The Morgan fingerprint density at radius 2 is 1.97 bits per heavy atom. The van der Waals surface area contributed by atoms with E-state index in [0.29, 0.717) is 22.9 Å². The molecule has 0 saturated carbocycles. The Morgan fingerprint density at radius 1 is 1.07 bits per heavy atom. The fourth-order valence-electron chi connectivity index (χ4n) is 4.16. The number of hydrogen-bond acceptors (Lipinski definition) is 6. The summed E-state index contributed by atoms with van der Waals surface area (Å²) in [7, 11) is 0. The molecule has 9 heteroatoms. The Labute approximate surface area is 174 Å². The number of aromatic nitrogens is 6. The first kappa shape index (κ1) is 17.7. The number of nitrogens with zero attached hydrogens (tertiary/aromatic N) is 4. The Kier molecular flexibility index (Phi) is 4.10. The highest BCUT2D eigenvalue weighted by molar-refractivity contribution is 7.14. The molecule has 0 aliphatic carbocycles. The van der Waals surface area contributed by atoms with Gasteiger partial charge in [0, 0.05) is 22.8 Å². The summed E-state index contributed by atoms with van der Waals surface area (Å²) in [5, 5.41) is 11.6. The number of aromatic amines is 2. The first-order chi connectivity index (χ1) is 14.8. The zero-order chi connectivity index (χ0) is 20.1. The van der Waals surface area contributed by atoms with Crippen LogP contribution in [0.2, 0.25) is 0 Å². The quantitative estimate of drug-likeness (QED) is 0.407. The van der Waals surface area contributed by atoms with E-state index in [1.807, 2.05) is 12.3 Å². The molecular weight excluding hydrogens is 401 g/mol. The van der Waals surface area contributed by atoms with Crippen LogP contribution in [0.5, 0.6) is 0 Å². The third kappa shape index (κ3) is 2.89. The normalized spacial score (nSPS) is 15.4. The van der Waals surface area contributed by atoms with Crippen molar-refractivity contribution in [3.63, 3.8) is 0 Å². The summed E-state index contributed by atoms with van der Waals surface area (Å²) in [6.45, 7) is 2.06. The van der Waals surface area contributed by atoms with Crippen molar-refractivity contribution >= 4 is 33.5 Å². The molecule has 3 N–H and O–H groups in total. The second-order valence-corrected chi connectivity index (χ2v) is 8.54. The molecule has 7 nitrogen and oxygen atoms in total. The minimum Gasteiger partial charge on any atom is -0.321 e. The van der Waals surface area contributed by atoms with E-state index >= 15 is 0 Å². The lowest BCUT2D eigenvalue weighted by Gasteiger charge is -2.22. The van der Waals surface area contributed by atoms with Gasteiger partial charge in [-0.25, -0.2) is 15.0 Å². The Bertz CT molecular complexity index is 1360.